The Hall–Kier alpha value is -2.57. The Bertz CT molecular complexity index is 730. The molecule has 0 aromatic heterocycles. The molecule has 1 N–H and O–H groups in total. The molecule has 2 aliphatic heterocycles. The molecule has 0 bridgehead atoms. The lowest BCUT2D eigenvalue weighted by Crippen LogP contribution is -2.47. The molecular weight excluding hydrogens is 348 g/mol. The Morgan fingerprint density at radius 1 is 1.15 bits per heavy atom. The topological polar surface area (TPSA) is 87.2 Å². The lowest BCUT2D eigenvalue weighted by molar-refractivity contribution is -0.139. The van der Waals surface area contributed by atoms with Crippen molar-refractivity contribution in [2.75, 3.05) is 26.2 Å². The fourth-order valence-corrected chi connectivity index (χ4v) is 4.05. The van der Waals surface area contributed by atoms with Crippen LogP contribution in [0.4, 0.5) is 0 Å². The summed E-state index contributed by atoms with van der Waals surface area (Å²) >= 11 is 0. The number of piperidine rings is 1. The van der Waals surface area contributed by atoms with Gasteiger partial charge in [0.2, 0.25) is 5.91 Å². The fourth-order valence-electron chi connectivity index (χ4n) is 4.05. The molecular formula is C20H26N2O5. The molecule has 0 atom stereocenters. The van der Waals surface area contributed by atoms with Crippen LogP contribution in [0.5, 0.6) is 5.75 Å². The number of carboxylic acid groups (broad SMARTS) is 1. The number of aliphatic carboxylic acids is 1. The molecule has 7 heteroatoms. The summed E-state index contributed by atoms with van der Waals surface area (Å²) in [6.45, 7) is 5.34. The second kappa shape index (κ2) is 7.98. The molecule has 1 aromatic rings. The average molecular weight is 374 g/mol. The highest BCUT2D eigenvalue weighted by molar-refractivity contribution is 5.95. The van der Waals surface area contributed by atoms with E-state index in [9.17, 15) is 14.4 Å². The zero-order chi connectivity index (χ0) is 19.6. The van der Waals surface area contributed by atoms with Crippen LogP contribution in [0.25, 0.3) is 0 Å². The summed E-state index contributed by atoms with van der Waals surface area (Å²) in [5.74, 6) is -0.311. The minimum Gasteiger partial charge on any atom is -0.481 e. The number of amides is 2. The molecule has 0 saturated carbocycles. The highest BCUT2D eigenvalue weighted by Crippen LogP contribution is 2.27. The number of likely N-dealkylation sites (tertiary alicyclic amines) is 2. The minimum absolute atomic E-state index is 0.0304. The van der Waals surface area contributed by atoms with E-state index in [1.54, 1.807) is 12.1 Å². The second-order valence-corrected chi connectivity index (χ2v) is 7.34. The van der Waals surface area contributed by atoms with Crippen molar-refractivity contribution in [2.45, 2.75) is 45.6 Å². The summed E-state index contributed by atoms with van der Waals surface area (Å²) in [5.41, 5.74) is 2.08. The number of ether oxygens (including phenoxy) is 1. The molecule has 2 amide bonds. The molecule has 2 fully saturated rings. The number of carbonyl (C=O) groups excluding carboxylic acids is 2. The Labute approximate surface area is 158 Å². The Balaban J connectivity index is 1.64. The third kappa shape index (κ3) is 4.23. The Kier molecular flexibility index (Phi) is 5.68. The van der Waals surface area contributed by atoms with Gasteiger partial charge < -0.3 is 19.6 Å². The van der Waals surface area contributed by atoms with E-state index in [1.165, 1.54) is 0 Å². The summed E-state index contributed by atoms with van der Waals surface area (Å²) in [6, 6.07) is 3.75. The highest BCUT2D eigenvalue weighted by atomic mass is 16.5. The van der Waals surface area contributed by atoms with Gasteiger partial charge in [0, 0.05) is 37.7 Å². The van der Waals surface area contributed by atoms with Gasteiger partial charge in [0.25, 0.3) is 5.91 Å². The van der Waals surface area contributed by atoms with E-state index in [1.807, 2.05) is 23.6 Å². The van der Waals surface area contributed by atoms with Crippen molar-refractivity contribution in [3.63, 3.8) is 0 Å². The van der Waals surface area contributed by atoms with Gasteiger partial charge in [-0.25, -0.2) is 4.79 Å². The molecule has 27 heavy (non-hydrogen) atoms. The van der Waals surface area contributed by atoms with E-state index in [0.29, 0.717) is 30.8 Å². The third-order valence-electron chi connectivity index (χ3n) is 5.35. The summed E-state index contributed by atoms with van der Waals surface area (Å²) < 4.78 is 5.33. The predicted molar refractivity (Wildman–Crippen MR) is 98.9 cm³/mol. The molecule has 146 valence electrons. The van der Waals surface area contributed by atoms with Gasteiger partial charge in [-0.15, -0.1) is 0 Å². The maximum absolute atomic E-state index is 12.9. The van der Waals surface area contributed by atoms with Crippen LogP contribution in [0.2, 0.25) is 0 Å². The first kappa shape index (κ1) is 19.2. The third-order valence-corrected chi connectivity index (χ3v) is 5.35. The first-order chi connectivity index (χ1) is 12.9. The van der Waals surface area contributed by atoms with Crippen molar-refractivity contribution in [3.8, 4) is 5.75 Å². The number of benzene rings is 1. The maximum Gasteiger partial charge on any atom is 0.341 e. The maximum atomic E-state index is 12.9. The zero-order valence-electron chi connectivity index (χ0n) is 15.9. The normalized spacial score (nSPS) is 18.1. The highest BCUT2D eigenvalue weighted by Gasteiger charge is 2.32. The zero-order valence-corrected chi connectivity index (χ0v) is 15.9. The van der Waals surface area contributed by atoms with Gasteiger partial charge in [0.1, 0.15) is 5.75 Å². The van der Waals surface area contributed by atoms with Crippen LogP contribution in [0, 0.1) is 13.8 Å². The Morgan fingerprint density at radius 2 is 1.78 bits per heavy atom. The molecule has 0 aliphatic carbocycles. The van der Waals surface area contributed by atoms with E-state index in [-0.39, 0.29) is 17.9 Å². The summed E-state index contributed by atoms with van der Waals surface area (Å²) in [6.07, 6.45) is 3.21. The van der Waals surface area contributed by atoms with Crippen LogP contribution in [0.15, 0.2) is 12.1 Å². The Morgan fingerprint density at radius 3 is 2.30 bits per heavy atom. The van der Waals surface area contributed by atoms with Crippen LogP contribution in [0.1, 0.15) is 47.2 Å². The second-order valence-electron chi connectivity index (χ2n) is 7.34. The van der Waals surface area contributed by atoms with Crippen molar-refractivity contribution in [2.24, 2.45) is 0 Å². The number of aryl methyl sites for hydroxylation is 2. The van der Waals surface area contributed by atoms with E-state index in [4.69, 9.17) is 9.84 Å². The summed E-state index contributed by atoms with van der Waals surface area (Å²) in [4.78, 5) is 39.3. The number of nitrogens with zero attached hydrogens (tertiary/aromatic N) is 2. The minimum atomic E-state index is -1.03. The molecule has 3 rings (SSSR count). The fraction of sp³-hybridized carbons (Fsp3) is 0.550. The number of hydrogen-bond acceptors (Lipinski definition) is 4. The van der Waals surface area contributed by atoms with E-state index in [0.717, 1.165) is 36.9 Å². The van der Waals surface area contributed by atoms with Crippen LogP contribution in [0.3, 0.4) is 0 Å². The van der Waals surface area contributed by atoms with Crippen molar-refractivity contribution in [1.29, 1.82) is 0 Å². The van der Waals surface area contributed by atoms with E-state index in [2.05, 4.69) is 0 Å². The van der Waals surface area contributed by atoms with Gasteiger partial charge in [0.05, 0.1) is 0 Å². The summed E-state index contributed by atoms with van der Waals surface area (Å²) in [5, 5.41) is 8.78. The molecule has 2 saturated heterocycles. The molecule has 0 unspecified atom stereocenters. The molecule has 1 aromatic carbocycles. The lowest BCUT2D eigenvalue weighted by atomic mass is 10.0. The van der Waals surface area contributed by atoms with Crippen LogP contribution in [-0.2, 0) is 9.59 Å². The van der Waals surface area contributed by atoms with Crippen LogP contribution < -0.4 is 4.74 Å². The molecule has 7 nitrogen and oxygen atoms in total. The molecule has 0 spiro atoms. The predicted octanol–water partition coefficient (Wildman–Crippen LogP) is 1.99. The van der Waals surface area contributed by atoms with Crippen molar-refractivity contribution >= 4 is 17.8 Å². The van der Waals surface area contributed by atoms with E-state index < -0.39 is 12.6 Å². The largest absolute Gasteiger partial charge is 0.481 e. The van der Waals surface area contributed by atoms with Gasteiger partial charge >= 0.3 is 5.97 Å². The molecule has 0 radical (unpaired) electrons. The molecule has 2 aliphatic rings. The number of hydrogen-bond donors (Lipinski definition) is 1. The van der Waals surface area contributed by atoms with Gasteiger partial charge in [-0.3, -0.25) is 9.59 Å². The summed E-state index contributed by atoms with van der Waals surface area (Å²) in [7, 11) is 0. The monoisotopic (exact) mass is 374 g/mol. The number of rotatable bonds is 5. The van der Waals surface area contributed by atoms with Crippen molar-refractivity contribution in [3.05, 3.63) is 28.8 Å². The SMILES string of the molecule is Cc1cc(C(=O)N2CCC(N3CCCC3=O)CC2)cc(C)c1OCC(=O)O. The first-order valence-corrected chi connectivity index (χ1v) is 9.41. The number of carboxylic acids is 1. The standard InChI is InChI=1S/C20H26N2O5/c1-13-10-15(11-14(2)19(13)27-12-18(24)25)20(26)21-8-5-16(6-9-21)22-7-3-4-17(22)23/h10-11,16H,3-9,12H2,1-2H3,(H,24,25). The van der Waals surface area contributed by atoms with Crippen LogP contribution in [-0.4, -0.2) is 65.0 Å². The van der Waals surface area contributed by atoms with Crippen molar-refractivity contribution < 1.29 is 24.2 Å². The molecule has 2 heterocycles. The first-order valence-electron chi connectivity index (χ1n) is 9.41. The van der Waals surface area contributed by atoms with Gasteiger partial charge in [-0.1, -0.05) is 0 Å². The quantitative estimate of drug-likeness (QED) is 0.852. The van der Waals surface area contributed by atoms with Crippen LogP contribution >= 0.6 is 0 Å². The van der Waals surface area contributed by atoms with Gasteiger partial charge in [-0.2, -0.15) is 0 Å². The number of carbonyl (C=O) groups is 3. The smallest absolute Gasteiger partial charge is 0.341 e. The van der Waals surface area contributed by atoms with E-state index >= 15 is 0 Å². The lowest BCUT2D eigenvalue weighted by Gasteiger charge is -2.36. The average Bonchev–Trinajstić information content (AvgIpc) is 3.06. The van der Waals surface area contributed by atoms with Gasteiger partial charge in [-0.05, 0) is 56.4 Å². The van der Waals surface area contributed by atoms with Gasteiger partial charge in [0.15, 0.2) is 6.61 Å². The van der Waals surface area contributed by atoms with Crippen molar-refractivity contribution in [1.82, 2.24) is 9.80 Å².